The molecule has 0 aliphatic heterocycles. The van der Waals surface area contributed by atoms with Crippen molar-refractivity contribution in [1.82, 2.24) is 0 Å². The van der Waals surface area contributed by atoms with Crippen molar-refractivity contribution in [2.75, 3.05) is 6.61 Å². The van der Waals surface area contributed by atoms with E-state index < -0.39 is 0 Å². The van der Waals surface area contributed by atoms with Crippen molar-refractivity contribution in [3.8, 4) is 0 Å². The molecule has 1 nitrogen and oxygen atoms in total. The molecular formula is C10H20O. The Morgan fingerprint density at radius 1 is 1.27 bits per heavy atom. The molecule has 0 rings (SSSR count). The molecule has 0 atom stereocenters. The van der Waals surface area contributed by atoms with E-state index in [1.54, 1.807) is 0 Å². The van der Waals surface area contributed by atoms with Crippen molar-refractivity contribution in [1.29, 1.82) is 0 Å². The van der Waals surface area contributed by atoms with Gasteiger partial charge < -0.3 is 4.74 Å². The minimum Gasteiger partial charge on any atom is -0.379 e. The minimum absolute atomic E-state index is 0.380. The van der Waals surface area contributed by atoms with Gasteiger partial charge in [-0.2, -0.15) is 0 Å². The van der Waals surface area contributed by atoms with Crippen LogP contribution in [0.1, 0.15) is 40.0 Å². The molecule has 0 amide bonds. The highest BCUT2D eigenvalue weighted by atomic mass is 16.5. The summed E-state index contributed by atoms with van der Waals surface area (Å²) in [5, 5.41) is 0. The summed E-state index contributed by atoms with van der Waals surface area (Å²) in [5.74, 6) is 0. The van der Waals surface area contributed by atoms with Crippen LogP contribution in [0.4, 0.5) is 0 Å². The Morgan fingerprint density at radius 3 is 2.55 bits per heavy atom. The number of unbranched alkanes of at least 4 members (excludes halogenated alkanes) is 1. The van der Waals surface area contributed by atoms with Gasteiger partial charge in [0.2, 0.25) is 0 Å². The lowest BCUT2D eigenvalue weighted by atomic mass is 10.3. The maximum absolute atomic E-state index is 5.39. The lowest BCUT2D eigenvalue weighted by molar-refractivity contribution is 0.0775. The van der Waals surface area contributed by atoms with E-state index in [2.05, 4.69) is 32.9 Å². The Labute approximate surface area is 70.4 Å². The van der Waals surface area contributed by atoms with Gasteiger partial charge in [0.1, 0.15) is 0 Å². The summed E-state index contributed by atoms with van der Waals surface area (Å²) in [7, 11) is 0. The van der Waals surface area contributed by atoms with Crippen molar-refractivity contribution < 1.29 is 4.74 Å². The molecule has 0 aliphatic carbocycles. The summed E-state index contributed by atoms with van der Waals surface area (Å²) in [6.45, 7) is 7.19. The minimum atomic E-state index is 0.380. The maximum Gasteiger partial charge on any atom is 0.0518 e. The fourth-order valence-corrected chi connectivity index (χ4v) is 0.805. The molecule has 1 heteroatoms. The summed E-state index contributed by atoms with van der Waals surface area (Å²) in [4.78, 5) is 0. The standard InChI is InChI=1S/C10H20O/c1-4-5-6-7-8-9-11-10(2)3/h5-6,10H,4,7-9H2,1-3H3/b6-5+. The zero-order valence-electron chi connectivity index (χ0n) is 7.97. The zero-order chi connectivity index (χ0) is 8.53. The Balaban J connectivity index is 2.96. The van der Waals surface area contributed by atoms with Crippen LogP contribution in [0.3, 0.4) is 0 Å². The summed E-state index contributed by atoms with van der Waals surface area (Å²) in [6, 6.07) is 0. The molecule has 0 saturated carbocycles. The maximum atomic E-state index is 5.39. The first-order valence-electron chi connectivity index (χ1n) is 4.54. The monoisotopic (exact) mass is 156 g/mol. The van der Waals surface area contributed by atoms with E-state index in [1.165, 1.54) is 0 Å². The summed E-state index contributed by atoms with van der Waals surface area (Å²) < 4.78 is 5.39. The van der Waals surface area contributed by atoms with Gasteiger partial charge in [0, 0.05) is 6.61 Å². The molecule has 0 bridgehead atoms. The average molecular weight is 156 g/mol. The van der Waals surface area contributed by atoms with Crippen molar-refractivity contribution in [2.24, 2.45) is 0 Å². The predicted octanol–water partition coefficient (Wildman–Crippen LogP) is 3.16. The SMILES string of the molecule is CC/C=C/CCCOC(C)C. The van der Waals surface area contributed by atoms with E-state index in [4.69, 9.17) is 4.74 Å². The van der Waals surface area contributed by atoms with Crippen LogP contribution in [-0.4, -0.2) is 12.7 Å². The van der Waals surface area contributed by atoms with Crippen LogP contribution in [0.25, 0.3) is 0 Å². The quantitative estimate of drug-likeness (QED) is 0.424. The second-order valence-electron chi connectivity index (χ2n) is 2.94. The largest absolute Gasteiger partial charge is 0.379 e. The molecular weight excluding hydrogens is 136 g/mol. The fourth-order valence-electron chi connectivity index (χ4n) is 0.805. The third-order valence-corrected chi connectivity index (χ3v) is 1.37. The van der Waals surface area contributed by atoms with Gasteiger partial charge in [-0.05, 0) is 33.1 Å². The molecule has 0 radical (unpaired) electrons. The number of hydrogen-bond acceptors (Lipinski definition) is 1. The van der Waals surface area contributed by atoms with Gasteiger partial charge in [-0.3, -0.25) is 0 Å². The number of rotatable bonds is 6. The number of hydrogen-bond donors (Lipinski definition) is 0. The van der Waals surface area contributed by atoms with E-state index in [-0.39, 0.29) is 0 Å². The van der Waals surface area contributed by atoms with Crippen molar-refractivity contribution in [2.45, 2.75) is 46.1 Å². The lowest BCUT2D eigenvalue weighted by Crippen LogP contribution is -2.03. The van der Waals surface area contributed by atoms with Crippen molar-refractivity contribution in [3.05, 3.63) is 12.2 Å². The van der Waals surface area contributed by atoms with E-state index in [0.29, 0.717) is 6.10 Å². The van der Waals surface area contributed by atoms with Gasteiger partial charge in [-0.25, -0.2) is 0 Å². The smallest absolute Gasteiger partial charge is 0.0518 e. The van der Waals surface area contributed by atoms with Crippen molar-refractivity contribution >= 4 is 0 Å². The molecule has 0 fully saturated rings. The van der Waals surface area contributed by atoms with Crippen LogP contribution < -0.4 is 0 Å². The Morgan fingerprint density at radius 2 is 2.00 bits per heavy atom. The topological polar surface area (TPSA) is 9.23 Å². The molecule has 0 aromatic heterocycles. The van der Waals surface area contributed by atoms with Gasteiger partial charge >= 0.3 is 0 Å². The molecule has 0 aromatic carbocycles. The zero-order valence-corrected chi connectivity index (χ0v) is 7.97. The molecule has 66 valence electrons. The van der Waals surface area contributed by atoms with Crippen LogP contribution in [0.15, 0.2) is 12.2 Å². The number of allylic oxidation sites excluding steroid dienone is 2. The highest BCUT2D eigenvalue weighted by Crippen LogP contribution is 1.95. The third-order valence-electron chi connectivity index (χ3n) is 1.37. The fraction of sp³-hybridized carbons (Fsp3) is 0.800. The number of ether oxygens (including phenoxy) is 1. The second kappa shape index (κ2) is 7.80. The Hall–Kier alpha value is -0.300. The molecule has 0 saturated heterocycles. The summed E-state index contributed by atoms with van der Waals surface area (Å²) in [5.41, 5.74) is 0. The van der Waals surface area contributed by atoms with Crippen LogP contribution in [-0.2, 0) is 4.74 Å². The third kappa shape index (κ3) is 9.70. The van der Waals surface area contributed by atoms with E-state index in [0.717, 1.165) is 25.9 Å². The van der Waals surface area contributed by atoms with Gasteiger partial charge in [-0.1, -0.05) is 19.1 Å². The van der Waals surface area contributed by atoms with E-state index >= 15 is 0 Å². The van der Waals surface area contributed by atoms with Crippen LogP contribution in [0.5, 0.6) is 0 Å². The van der Waals surface area contributed by atoms with Gasteiger partial charge in [0.15, 0.2) is 0 Å². The molecule has 0 unspecified atom stereocenters. The molecule has 0 aliphatic rings. The molecule has 0 spiro atoms. The highest BCUT2D eigenvalue weighted by Gasteiger charge is 1.90. The van der Waals surface area contributed by atoms with Gasteiger partial charge in [-0.15, -0.1) is 0 Å². The van der Waals surface area contributed by atoms with Gasteiger partial charge in [0.05, 0.1) is 6.10 Å². The molecule has 11 heavy (non-hydrogen) atoms. The summed E-state index contributed by atoms with van der Waals surface area (Å²) in [6.07, 6.45) is 8.25. The second-order valence-corrected chi connectivity index (χ2v) is 2.94. The average Bonchev–Trinajstić information content (AvgIpc) is 1.96. The van der Waals surface area contributed by atoms with Gasteiger partial charge in [0.25, 0.3) is 0 Å². The molecule has 0 heterocycles. The van der Waals surface area contributed by atoms with Crippen molar-refractivity contribution in [3.63, 3.8) is 0 Å². The van der Waals surface area contributed by atoms with E-state index in [1.807, 2.05) is 0 Å². The predicted molar refractivity (Wildman–Crippen MR) is 49.8 cm³/mol. The summed E-state index contributed by atoms with van der Waals surface area (Å²) >= 11 is 0. The van der Waals surface area contributed by atoms with Crippen LogP contribution in [0, 0.1) is 0 Å². The normalized spacial score (nSPS) is 11.6. The first-order chi connectivity index (χ1) is 5.27. The van der Waals surface area contributed by atoms with Crippen LogP contribution >= 0.6 is 0 Å². The van der Waals surface area contributed by atoms with E-state index in [9.17, 15) is 0 Å². The highest BCUT2D eigenvalue weighted by molar-refractivity contribution is 4.79. The molecule has 0 N–H and O–H groups in total. The Bertz CT molecular complexity index is 95.0. The Kier molecular flexibility index (Phi) is 7.59. The molecule has 0 aromatic rings. The first-order valence-corrected chi connectivity index (χ1v) is 4.54. The first kappa shape index (κ1) is 10.7. The lowest BCUT2D eigenvalue weighted by Gasteiger charge is -2.04. The van der Waals surface area contributed by atoms with Crippen LogP contribution in [0.2, 0.25) is 0 Å².